The van der Waals surface area contributed by atoms with Gasteiger partial charge in [0, 0.05) is 23.6 Å². The Bertz CT molecular complexity index is 771. The van der Waals surface area contributed by atoms with E-state index in [1.54, 1.807) is 13.0 Å². The van der Waals surface area contributed by atoms with E-state index in [0.29, 0.717) is 26.3 Å². The lowest BCUT2D eigenvalue weighted by Crippen LogP contribution is -2.04. The minimum atomic E-state index is -0.199. The molecule has 132 valence electrons. The maximum Gasteiger partial charge on any atom is 0.293 e. The van der Waals surface area contributed by atoms with Crippen LogP contribution < -0.4 is 0 Å². The van der Waals surface area contributed by atoms with Crippen LogP contribution in [0.5, 0.6) is 0 Å². The first-order chi connectivity index (χ1) is 12.2. The first-order valence-corrected chi connectivity index (χ1v) is 8.16. The van der Waals surface area contributed by atoms with Crippen LogP contribution in [0.15, 0.2) is 60.8 Å². The summed E-state index contributed by atoms with van der Waals surface area (Å²) < 4.78 is 25.0. The Balaban J connectivity index is 0.000000399. The van der Waals surface area contributed by atoms with E-state index < -0.39 is 0 Å². The van der Waals surface area contributed by atoms with E-state index in [-0.39, 0.29) is 5.82 Å². The standard InChI is InChI=1S/C17H16FNO.C3H6O2/c18-16-6-7-17-15(12-16)8-9-19(17)10-11-20-13-14-4-2-1-3-5-14;1-2-5-3-4/h1-9,12H,10-11,13H2;3H,2H2,1H3. The molecule has 2 aromatic carbocycles. The molecule has 0 spiro atoms. The Morgan fingerprint density at radius 3 is 2.60 bits per heavy atom. The van der Waals surface area contributed by atoms with Crippen molar-refractivity contribution in [2.45, 2.75) is 20.1 Å². The largest absolute Gasteiger partial charge is 0.468 e. The zero-order valence-corrected chi connectivity index (χ0v) is 14.2. The van der Waals surface area contributed by atoms with Gasteiger partial charge in [-0.2, -0.15) is 0 Å². The van der Waals surface area contributed by atoms with Crippen LogP contribution >= 0.6 is 0 Å². The van der Waals surface area contributed by atoms with Gasteiger partial charge < -0.3 is 14.0 Å². The lowest BCUT2D eigenvalue weighted by molar-refractivity contribution is -0.128. The number of fused-ring (bicyclic) bond motifs is 1. The molecule has 5 heteroatoms. The Hall–Kier alpha value is -2.66. The number of hydrogen-bond acceptors (Lipinski definition) is 3. The smallest absolute Gasteiger partial charge is 0.293 e. The summed E-state index contributed by atoms with van der Waals surface area (Å²) in [5.74, 6) is -0.199. The van der Waals surface area contributed by atoms with E-state index >= 15 is 0 Å². The van der Waals surface area contributed by atoms with Crippen LogP contribution in [0.25, 0.3) is 10.9 Å². The maximum atomic E-state index is 13.1. The van der Waals surface area contributed by atoms with Gasteiger partial charge in [-0.05, 0) is 36.8 Å². The number of carbonyl (C=O) groups excluding carboxylic acids is 1. The second kappa shape index (κ2) is 10.3. The molecular weight excluding hydrogens is 321 g/mol. The number of ether oxygens (including phenoxy) is 2. The zero-order valence-electron chi connectivity index (χ0n) is 14.2. The van der Waals surface area contributed by atoms with Gasteiger partial charge in [0.05, 0.1) is 19.8 Å². The van der Waals surface area contributed by atoms with Crippen molar-refractivity contribution in [1.29, 1.82) is 0 Å². The first-order valence-electron chi connectivity index (χ1n) is 8.16. The van der Waals surface area contributed by atoms with E-state index in [2.05, 4.69) is 9.30 Å². The van der Waals surface area contributed by atoms with Crippen molar-refractivity contribution in [3.05, 3.63) is 72.2 Å². The van der Waals surface area contributed by atoms with Crippen LogP contribution in [0.4, 0.5) is 4.39 Å². The number of hydrogen-bond donors (Lipinski definition) is 0. The van der Waals surface area contributed by atoms with Gasteiger partial charge >= 0.3 is 0 Å². The molecule has 0 radical (unpaired) electrons. The SMILES string of the molecule is CCOC=O.Fc1ccc2c(ccn2CCOCc2ccccc2)c1. The topological polar surface area (TPSA) is 40.5 Å². The molecule has 3 rings (SSSR count). The first kappa shape index (κ1) is 18.7. The van der Waals surface area contributed by atoms with Crippen molar-refractivity contribution in [1.82, 2.24) is 4.57 Å². The van der Waals surface area contributed by atoms with E-state index in [0.717, 1.165) is 17.4 Å². The van der Waals surface area contributed by atoms with Crippen LogP contribution in [0.1, 0.15) is 12.5 Å². The summed E-state index contributed by atoms with van der Waals surface area (Å²) in [6.07, 6.45) is 1.97. The highest BCUT2D eigenvalue weighted by atomic mass is 19.1. The molecule has 0 atom stereocenters. The number of nitrogens with zero attached hydrogens (tertiary/aromatic N) is 1. The van der Waals surface area contributed by atoms with Gasteiger partial charge in [0.25, 0.3) is 6.47 Å². The second-order valence-electron chi connectivity index (χ2n) is 5.30. The van der Waals surface area contributed by atoms with Gasteiger partial charge in [0.1, 0.15) is 5.82 Å². The third kappa shape index (κ3) is 6.04. The number of benzene rings is 2. The lowest BCUT2D eigenvalue weighted by Gasteiger charge is -2.07. The molecule has 0 saturated heterocycles. The van der Waals surface area contributed by atoms with Gasteiger partial charge in [-0.1, -0.05) is 30.3 Å². The van der Waals surface area contributed by atoms with Crippen molar-refractivity contribution < 1.29 is 18.7 Å². The molecule has 1 aromatic heterocycles. The molecule has 0 aliphatic heterocycles. The van der Waals surface area contributed by atoms with Crippen LogP contribution in [-0.4, -0.2) is 24.3 Å². The monoisotopic (exact) mass is 343 g/mol. The van der Waals surface area contributed by atoms with Crippen LogP contribution in [-0.2, 0) is 27.4 Å². The summed E-state index contributed by atoms with van der Waals surface area (Å²) in [7, 11) is 0. The molecule has 0 unspecified atom stereocenters. The fraction of sp³-hybridized carbons (Fsp3) is 0.250. The molecular formula is C20H22FNO3. The third-order valence-corrected chi connectivity index (χ3v) is 3.56. The highest BCUT2D eigenvalue weighted by Crippen LogP contribution is 2.17. The summed E-state index contributed by atoms with van der Waals surface area (Å²) in [5.41, 5.74) is 2.21. The number of carbonyl (C=O) groups is 1. The highest BCUT2D eigenvalue weighted by molar-refractivity contribution is 5.80. The van der Waals surface area contributed by atoms with Gasteiger partial charge in [0.15, 0.2) is 0 Å². The molecule has 0 saturated carbocycles. The van der Waals surface area contributed by atoms with E-state index in [1.807, 2.05) is 48.7 Å². The molecule has 4 nitrogen and oxygen atoms in total. The molecule has 3 aromatic rings. The van der Waals surface area contributed by atoms with Crippen molar-refractivity contribution in [2.75, 3.05) is 13.2 Å². The molecule has 0 N–H and O–H groups in total. The van der Waals surface area contributed by atoms with Gasteiger partial charge in [-0.25, -0.2) is 4.39 Å². The van der Waals surface area contributed by atoms with Crippen molar-refractivity contribution in [3.63, 3.8) is 0 Å². The predicted molar refractivity (Wildman–Crippen MR) is 95.7 cm³/mol. The molecule has 0 aliphatic rings. The molecule has 0 amide bonds. The Kier molecular flexibility index (Phi) is 7.66. The normalized spacial score (nSPS) is 10.2. The minimum absolute atomic E-state index is 0.199. The van der Waals surface area contributed by atoms with Crippen molar-refractivity contribution in [3.8, 4) is 0 Å². The summed E-state index contributed by atoms with van der Waals surface area (Å²) in [6, 6.07) is 16.9. The van der Waals surface area contributed by atoms with Gasteiger partial charge in [-0.15, -0.1) is 0 Å². The summed E-state index contributed by atoms with van der Waals surface area (Å²) in [4.78, 5) is 9.18. The van der Waals surface area contributed by atoms with Gasteiger partial charge in [-0.3, -0.25) is 4.79 Å². The Morgan fingerprint density at radius 1 is 1.12 bits per heavy atom. The second-order valence-corrected chi connectivity index (χ2v) is 5.30. The van der Waals surface area contributed by atoms with Crippen molar-refractivity contribution >= 4 is 17.4 Å². The summed E-state index contributed by atoms with van der Waals surface area (Å²) >= 11 is 0. The Morgan fingerprint density at radius 2 is 1.92 bits per heavy atom. The summed E-state index contributed by atoms with van der Waals surface area (Å²) in [5, 5.41) is 0.924. The zero-order chi connectivity index (χ0) is 17.9. The highest BCUT2D eigenvalue weighted by Gasteiger charge is 2.02. The fourth-order valence-corrected chi connectivity index (χ4v) is 2.36. The quantitative estimate of drug-likeness (QED) is 0.477. The molecule has 0 bridgehead atoms. The van der Waals surface area contributed by atoms with E-state index in [1.165, 1.54) is 11.6 Å². The molecule has 0 fully saturated rings. The maximum absolute atomic E-state index is 13.1. The van der Waals surface area contributed by atoms with Gasteiger partial charge in [0.2, 0.25) is 0 Å². The lowest BCUT2D eigenvalue weighted by atomic mass is 10.2. The number of rotatable bonds is 7. The third-order valence-electron chi connectivity index (χ3n) is 3.56. The molecule has 1 heterocycles. The van der Waals surface area contributed by atoms with E-state index in [9.17, 15) is 9.18 Å². The minimum Gasteiger partial charge on any atom is -0.468 e. The number of halogens is 1. The number of aromatic nitrogens is 1. The predicted octanol–water partition coefficient (Wildman–Crippen LogP) is 4.18. The molecule has 0 aliphatic carbocycles. The summed E-state index contributed by atoms with van der Waals surface area (Å²) in [6.45, 7) is 4.69. The van der Waals surface area contributed by atoms with Crippen molar-refractivity contribution in [2.24, 2.45) is 0 Å². The van der Waals surface area contributed by atoms with Crippen LogP contribution in [0.2, 0.25) is 0 Å². The van der Waals surface area contributed by atoms with Crippen LogP contribution in [0.3, 0.4) is 0 Å². The van der Waals surface area contributed by atoms with E-state index in [4.69, 9.17) is 4.74 Å². The van der Waals surface area contributed by atoms with Crippen LogP contribution in [0, 0.1) is 5.82 Å². The Labute approximate surface area is 146 Å². The average Bonchev–Trinajstić information content (AvgIpc) is 3.03. The average molecular weight is 343 g/mol. The fourth-order valence-electron chi connectivity index (χ4n) is 2.36. The molecule has 25 heavy (non-hydrogen) atoms.